The molecule has 0 aliphatic carbocycles. The van der Waals surface area contributed by atoms with Crippen LogP contribution in [0.2, 0.25) is 0 Å². The Labute approximate surface area is 147 Å². The number of amides is 1. The van der Waals surface area contributed by atoms with E-state index in [-0.39, 0.29) is 29.3 Å². The first-order chi connectivity index (χ1) is 11.6. The quantitative estimate of drug-likeness (QED) is 0.870. The minimum absolute atomic E-state index is 0.0503. The number of aromatic nitrogens is 2. The largest absolute Gasteiger partial charge is 0.476 e. The summed E-state index contributed by atoms with van der Waals surface area (Å²) >= 11 is 0. The van der Waals surface area contributed by atoms with Gasteiger partial charge in [-0.25, -0.2) is 4.79 Å². The van der Waals surface area contributed by atoms with Crippen molar-refractivity contribution in [1.82, 2.24) is 9.55 Å². The third-order valence-electron chi connectivity index (χ3n) is 3.43. The molecule has 2 aromatic rings. The number of imidazole rings is 1. The van der Waals surface area contributed by atoms with Crippen molar-refractivity contribution in [3.05, 3.63) is 36.0 Å². The molecule has 1 heterocycles. The Morgan fingerprint density at radius 2 is 1.80 bits per heavy atom. The first kappa shape index (κ1) is 18.5. The van der Waals surface area contributed by atoms with Gasteiger partial charge in [-0.2, -0.15) is 4.98 Å². The summed E-state index contributed by atoms with van der Waals surface area (Å²) in [6.45, 7) is 5.83. The Balaban J connectivity index is 2.55. The Morgan fingerprint density at radius 1 is 1.20 bits per heavy atom. The van der Waals surface area contributed by atoms with Crippen molar-refractivity contribution in [2.24, 2.45) is 5.41 Å². The van der Waals surface area contributed by atoms with Crippen molar-refractivity contribution >= 4 is 23.6 Å². The molecule has 1 amide bonds. The van der Waals surface area contributed by atoms with Crippen LogP contribution in [0.1, 0.15) is 37.7 Å². The minimum Gasteiger partial charge on any atom is -0.476 e. The van der Waals surface area contributed by atoms with Crippen LogP contribution < -0.4 is 10.2 Å². The monoisotopic (exact) mass is 344 g/mol. The third kappa shape index (κ3) is 4.37. The molecule has 1 aromatic carbocycles. The summed E-state index contributed by atoms with van der Waals surface area (Å²) in [5, 5.41) is 12.4. The van der Waals surface area contributed by atoms with Crippen LogP contribution in [-0.4, -0.2) is 40.6 Å². The standard InChI is InChI=1S/C18H24N4O3/c1-18(2,3)11-13(23)19-15-14(16(24)25)22(17(20-15)21(4)5)12-9-7-6-8-10-12/h6-10H,11H2,1-5H3,(H,19,23)(H,24,25). The molecule has 2 rings (SSSR count). The van der Waals surface area contributed by atoms with Gasteiger partial charge >= 0.3 is 5.97 Å². The maximum Gasteiger partial charge on any atom is 0.356 e. The van der Waals surface area contributed by atoms with Gasteiger partial charge in [-0.05, 0) is 17.5 Å². The molecule has 0 fully saturated rings. The van der Waals surface area contributed by atoms with E-state index in [9.17, 15) is 14.7 Å². The van der Waals surface area contributed by atoms with Crippen LogP contribution in [0.5, 0.6) is 0 Å². The van der Waals surface area contributed by atoms with Crippen molar-refractivity contribution in [2.75, 3.05) is 24.3 Å². The number of carbonyl (C=O) groups excluding carboxylic acids is 1. The number of rotatable bonds is 5. The van der Waals surface area contributed by atoms with Gasteiger partial charge in [0.1, 0.15) is 0 Å². The summed E-state index contributed by atoms with van der Waals surface area (Å²) in [7, 11) is 3.54. The predicted molar refractivity (Wildman–Crippen MR) is 97.6 cm³/mol. The van der Waals surface area contributed by atoms with E-state index in [4.69, 9.17) is 0 Å². The second-order valence-electron chi connectivity index (χ2n) is 7.27. The van der Waals surface area contributed by atoms with Crippen LogP contribution in [0, 0.1) is 5.41 Å². The number of anilines is 2. The molecule has 134 valence electrons. The van der Waals surface area contributed by atoms with Crippen LogP contribution in [-0.2, 0) is 4.79 Å². The van der Waals surface area contributed by atoms with E-state index in [1.807, 2.05) is 39.0 Å². The molecule has 0 aliphatic rings. The molecule has 2 N–H and O–H groups in total. The Hall–Kier alpha value is -2.83. The van der Waals surface area contributed by atoms with Gasteiger partial charge in [-0.15, -0.1) is 0 Å². The van der Waals surface area contributed by atoms with Crippen molar-refractivity contribution in [3.63, 3.8) is 0 Å². The number of hydrogen-bond donors (Lipinski definition) is 2. The van der Waals surface area contributed by atoms with E-state index in [0.29, 0.717) is 11.6 Å². The lowest BCUT2D eigenvalue weighted by Gasteiger charge is -2.16. The van der Waals surface area contributed by atoms with E-state index < -0.39 is 5.97 Å². The Bertz CT molecular complexity index is 774. The molecule has 0 aliphatic heterocycles. The number of carbonyl (C=O) groups is 2. The molecular weight excluding hydrogens is 320 g/mol. The molecule has 0 unspecified atom stereocenters. The van der Waals surface area contributed by atoms with Crippen molar-refractivity contribution in [2.45, 2.75) is 27.2 Å². The number of aromatic carboxylic acids is 1. The van der Waals surface area contributed by atoms with Gasteiger partial charge in [0.25, 0.3) is 0 Å². The summed E-state index contributed by atoms with van der Waals surface area (Å²) in [6.07, 6.45) is 0.265. The van der Waals surface area contributed by atoms with Crippen LogP contribution >= 0.6 is 0 Å². The first-order valence-corrected chi connectivity index (χ1v) is 7.99. The van der Waals surface area contributed by atoms with Crippen molar-refractivity contribution in [1.29, 1.82) is 0 Å². The smallest absolute Gasteiger partial charge is 0.356 e. The zero-order valence-electron chi connectivity index (χ0n) is 15.2. The van der Waals surface area contributed by atoms with E-state index in [1.165, 1.54) is 4.57 Å². The topological polar surface area (TPSA) is 87.5 Å². The van der Waals surface area contributed by atoms with Gasteiger partial charge in [-0.1, -0.05) is 39.0 Å². The molecule has 7 nitrogen and oxygen atoms in total. The highest BCUT2D eigenvalue weighted by atomic mass is 16.4. The van der Waals surface area contributed by atoms with Gasteiger partial charge in [0.15, 0.2) is 11.5 Å². The van der Waals surface area contributed by atoms with Crippen molar-refractivity contribution < 1.29 is 14.7 Å². The molecule has 0 radical (unpaired) electrons. The predicted octanol–water partition coefficient (Wildman–Crippen LogP) is 3.01. The maximum absolute atomic E-state index is 12.3. The summed E-state index contributed by atoms with van der Waals surface area (Å²) in [4.78, 5) is 30.2. The molecule has 0 atom stereocenters. The van der Waals surface area contributed by atoms with Gasteiger partial charge < -0.3 is 15.3 Å². The summed E-state index contributed by atoms with van der Waals surface area (Å²) < 4.78 is 1.52. The van der Waals surface area contributed by atoms with E-state index >= 15 is 0 Å². The maximum atomic E-state index is 12.3. The third-order valence-corrected chi connectivity index (χ3v) is 3.43. The van der Waals surface area contributed by atoms with Crippen LogP contribution in [0.3, 0.4) is 0 Å². The summed E-state index contributed by atoms with van der Waals surface area (Å²) in [5.41, 5.74) is 0.379. The number of nitrogens with one attached hydrogen (secondary N) is 1. The zero-order valence-corrected chi connectivity index (χ0v) is 15.2. The molecule has 0 saturated carbocycles. The van der Waals surface area contributed by atoms with Gasteiger partial charge in [0.2, 0.25) is 11.9 Å². The molecule has 0 saturated heterocycles. The number of para-hydroxylation sites is 1. The van der Waals surface area contributed by atoms with Crippen LogP contribution in [0.4, 0.5) is 11.8 Å². The molecular formula is C18H24N4O3. The fourth-order valence-electron chi connectivity index (χ4n) is 2.47. The molecule has 0 bridgehead atoms. The average Bonchev–Trinajstić information content (AvgIpc) is 2.85. The van der Waals surface area contributed by atoms with E-state index in [2.05, 4.69) is 10.3 Å². The highest BCUT2D eigenvalue weighted by molar-refractivity contribution is 5.99. The lowest BCUT2D eigenvalue weighted by molar-refractivity contribution is -0.117. The average molecular weight is 344 g/mol. The van der Waals surface area contributed by atoms with Crippen LogP contribution in [0.15, 0.2) is 30.3 Å². The highest BCUT2D eigenvalue weighted by Crippen LogP contribution is 2.28. The van der Waals surface area contributed by atoms with Crippen molar-refractivity contribution in [3.8, 4) is 5.69 Å². The summed E-state index contributed by atoms with van der Waals surface area (Å²) in [5.74, 6) is -0.947. The molecule has 1 aromatic heterocycles. The van der Waals surface area contributed by atoms with Gasteiger partial charge in [0, 0.05) is 26.2 Å². The second kappa shape index (κ2) is 6.96. The fourth-order valence-corrected chi connectivity index (χ4v) is 2.47. The lowest BCUT2D eigenvalue weighted by Crippen LogP contribution is -2.21. The minimum atomic E-state index is -1.16. The first-order valence-electron chi connectivity index (χ1n) is 7.99. The number of benzene rings is 1. The number of carboxylic acids is 1. The normalized spacial score (nSPS) is 11.2. The number of nitrogens with zero attached hydrogens (tertiary/aromatic N) is 3. The molecule has 7 heteroatoms. The highest BCUT2D eigenvalue weighted by Gasteiger charge is 2.27. The Morgan fingerprint density at radius 3 is 2.28 bits per heavy atom. The SMILES string of the molecule is CN(C)c1nc(NC(=O)CC(C)(C)C)c(C(=O)O)n1-c1ccccc1. The summed E-state index contributed by atoms with van der Waals surface area (Å²) in [6, 6.07) is 9.07. The van der Waals surface area contributed by atoms with Gasteiger partial charge in [0.05, 0.1) is 0 Å². The number of carboxylic acid groups (broad SMARTS) is 1. The van der Waals surface area contributed by atoms with E-state index in [1.54, 1.807) is 31.1 Å². The van der Waals surface area contributed by atoms with E-state index in [0.717, 1.165) is 0 Å². The molecule has 25 heavy (non-hydrogen) atoms. The zero-order chi connectivity index (χ0) is 18.8. The Kier molecular flexibility index (Phi) is 5.15. The lowest BCUT2D eigenvalue weighted by atomic mass is 9.92. The van der Waals surface area contributed by atoms with Crippen LogP contribution in [0.25, 0.3) is 5.69 Å². The molecule has 0 spiro atoms. The van der Waals surface area contributed by atoms with Gasteiger partial charge in [-0.3, -0.25) is 9.36 Å². The fraction of sp³-hybridized carbons (Fsp3) is 0.389. The second-order valence-corrected chi connectivity index (χ2v) is 7.27. The number of hydrogen-bond acceptors (Lipinski definition) is 4.